The van der Waals surface area contributed by atoms with Crippen LogP contribution < -0.4 is 16.0 Å². The van der Waals surface area contributed by atoms with Gasteiger partial charge in [-0.2, -0.15) is 5.10 Å². The van der Waals surface area contributed by atoms with Crippen molar-refractivity contribution >= 4 is 40.1 Å². The number of carbonyl (C=O) groups is 2. The molecule has 0 unspecified atom stereocenters. The lowest BCUT2D eigenvalue weighted by molar-refractivity contribution is -0.129. The number of anilines is 1. The number of fused-ring (bicyclic) bond motifs is 1. The maximum absolute atomic E-state index is 13.1. The highest BCUT2D eigenvalue weighted by atomic mass is 35.5. The molecule has 3 N–H and O–H groups in total. The van der Waals surface area contributed by atoms with Gasteiger partial charge in [0.2, 0.25) is 11.8 Å². The van der Waals surface area contributed by atoms with E-state index in [4.69, 9.17) is 21.3 Å². The summed E-state index contributed by atoms with van der Waals surface area (Å²) in [4.78, 5) is 35.9. The average Bonchev–Trinajstić information content (AvgIpc) is 3.57. The van der Waals surface area contributed by atoms with E-state index in [1.807, 2.05) is 36.0 Å². The summed E-state index contributed by atoms with van der Waals surface area (Å²) in [6.45, 7) is 15.4. The number of nitrogens with one attached hydrogen (secondary N) is 3. The Hall–Kier alpha value is -4.03. The Morgan fingerprint density at radius 1 is 0.902 bits per heavy atom. The Morgan fingerprint density at radius 3 is 2.37 bits per heavy atom. The first-order valence-electron chi connectivity index (χ1n) is 18.4. The molecule has 11 nitrogen and oxygen atoms in total. The van der Waals surface area contributed by atoms with Gasteiger partial charge >= 0.3 is 0 Å². The second-order valence-electron chi connectivity index (χ2n) is 13.4. The van der Waals surface area contributed by atoms with Gasteiger partial charge in [-0.05, 0) is 67.6 Å². The van der Waals surface area contributed by atoms with Gasteiger partial charge in [0.1, 0.15) is 6.42 Å². The van der Waals surface area contributed by atoms with Crippen molar-refractivity contribution in [2.24, 2.45) is 0 Å². The van der Waals surface area contributed by atoms with E-state index in [9.17, 15) is 9.59 Å². The third-order valence-corrected chi connectivity index (χ3v) is 10.4. The minimum atomic E-state index is -0.347. The van der Waals surface area contributed by atoms with Crippen LogP contribution in [0.3, 0.4) is 0 Å². The van der Waals surface area contributed by atoms with Gasteiger partial charge in [0.25, 0.3) is 0 Å². The fraction of sp³-hybridized carbons (Fsp3) is 0.487. The number of nitrogens with zero attached hydrogens (tertiary/aromatic N) is 5. The van der Waals surface area contributed by atoms with Crippen LogP contribution in [0.5, 0.6) is 0 Å². The highest BCUT2D eigenvalue weighted by molar-refractivity contribution is 6.33. The van der Waals surface area contributed by atoms with Gasteiger partial charge in [0, 0.05) is 93.5 Å². The quantitative estimate of drug-likeness (QED) is 0.149. The predicted molar refractivity (Wildman–Crippen MR) is 203 cm³/mol. The number of hydrogen-bond acceptors (Lipinski definition) is 8. The molecular formula is C39H51ClN8O3. The van der Waals surface area contributed by atoms with Crippen LogP contribution in [0.2, 0.25) is 5.02 Å². The van der Waals surface area contributed by atoms with Crippen LogP contribution in [0, 0.1) is 0 Å². The number of aromatic nitrogens is 3. The molecule has 0 radical (unpaired) electrons. The minimum absolute atomic E-state index is 0.253. The number of aryl methyl sites for hydroxylation is 2. The van der Waals surface area contributed by atoms with E-state index in [0.29, 0.717) is 37.7 Å². The van der Waals surface area contributed by atoms with Gasteiger partial charge < -0.3 is 25.6 Å². The van der Waals surface area contributed by atoms with Gasteiger partial charge in [0.05, 0.1) is 17.3 Å². The summed E-state index contributed by atoms with van der Waals surface area (Å²) in [6.07, 6.45) is 4.07. The first kappa shape index (κ1) is 36.8. The Bertz CT molecular complexity index is 1810. The predicted octanol–water partition coefficient (Wildman–Crippen LogP) is 5.39. The topological polar surface area (TPSA) is 117 Å². The van der Waals surface area contributed by atoms with E-state index in [2.05, 4.69) is 69.0 Å². The minimum Gasteiger partial charge on any atom is -0.381 e. The number of pyridine rings is 1. The average molecular weight is 715 g/mol. The molecule has 12 heteroatoms. The molecular weight excluding hydrogens is 664 g/mol. The summed E-state index contributed by atoms with van der Waals surface area (Å²) >= 11 is 6.68. The molecule has 4 heterocycles. The fourth-order valence-electron chi connectivity index (χ4n) is 7.02. The molecule has 2 saturated heterocycles. The Labute approximate surface area is 306 Å². The number of benzene rings is 2. The van der Waals surface area contributed by atoms with Crippen molar-refractivity contribution in [3.63, 3.8) is 0 Å². The third kappa shape index (κ3) is 9.26. The molecule has 4 aromatic rings. The molecule has 0 atom stereocenters. The number of hydrogen-bond donors (Lipinski definition) is 3. The molecule has 0 spiro atoms. The smallest absolute Gasteiger partial charge is 0.229 e. The Kier molecular flexibility index (Phi) is 12.6. The number of halogens is 1. The van der Waals surface area contributed by atoms with Crippen LogP contribution in [0.1, 0.15) is 62.4 Å². The van der Waals surface area contributed by atoms with Crippen LogP contribution in [0.4, 0.5) is 5.69 Å². The summed E-state index contributed by atoms with van der Waals surface area (Å²) in [5, 5.41) is 15.8. The number of ether oxygens (including phenoxy) is 1. The van der Waals surface area contributed by atoms with Crippen LogP contribution in [-0.2, 0) is 46.9 Å². The Morgan fingerprint density at radius 2 is 1.65 bits per heavy atom. The second kappa shape index (κ2) is 17.5. The van der Waals surface area contributed by atoms with Crippen molar-refractivity contribution in [2.45, 2.75) is 78.7 Å². The molecule has 2 aromatic carbocycles. The monoisotopic (exact) mass is 714 g/mol. The lowest BCUT2D eigenvalue weighted by atomic mass is 10.0. The number of amides is 2. The molecule has 2 aliphatic rings. The highest BCUT2D eigenvalue weighted by Gasteiger charge is 2.23. The number of piperazine rings is 1. The van der Waals surface area contributed by atoms with Crippen molar-refractivity contribution < 1.29 is 14.3 Å². The molecule has 0 aliphatic carbocycles. The number of likely N-dealkylation sites (N-methyl/N-ethyl adjacent to an activating group) is 1. The van der Waals surface area contributed by atoms with Crippen LogP contribution >= 0.6 is 11.6 Å². The van der Waals surface area contributed by atoms with Crippen molar-refractivity contribution in [2.75, 3.05) is 51.3 Å². The molecule has 2 fully saturated rings. The van der Waals surface area contributed by atoms with E-state index < -0.39 is 0 Å². The van der Waals surface area contributed by atoms with Gasteiger partial charge in [-0.1, -0.05) is 49.7 Å². The highest BCUT2D eigenvalue weighted by Crippen LogP contribution is 2.32. The fourth-order valence-corrected chi connectivity index (χ4v) is 7.25. The van der Waals surface area contributed by atoms with Gasteiger partial charge in [0.15, 0.2) is 5.65 Å². The summed E-state index contributed by atoms with van der Waals surface area (Å²) in [7, 11) is 0. The standard InChI is InChI=1S/C39H51ClN8O3/c1-4-35-32(38(44-30-12-18-51-19-13-30)33-25-43-48(6-3)39(33)45-35)24-42-37(50)22-36(49)41-23-27-10-11-34(40)31(21-27)29-9-7-8-28(20-29)26-47-16-14-46(5-2)15-17-47/h7-11,20-21,25,30H,4-6,12-19,22-24,26H2,1-3H3,(H,41,49)(H,42,50)(H,44,45). The van der Waals surface area contributed by atoms with Crippen LogP contribution in [-0.4, -0.2) is 88.4 Å². The van der Waals surface area contributed by atoms with E-state index >= 15 is 0 Å². The van der Waals surface area contributed by atoms with E-state index in [0.717, 1.165) is 96.8 Å². The van der Waals surface area contributed by atoms with Gasteiger partial charge in [-0.25, -0.2) is 9.67 Å². The van der Waals surface area contributed by atoms with Crippen LogP contribution in [0.15, 0.2) is 48.7 Å². The second-order valence-corrected chi connectivity index (χ2v) is 13.9. The normalized spacial score (nSPS) is 16.0. The maximum atomic E-state index is 13.1. The maximum Gasteiger partial charge on any atom is 0.229 e. The Balaban J connectivity index is 1.06. The van der Waals surface area contributed by atoms with E-state index in [-0.39, 0.29) is 30.8 Å². The molecule has 2 amide bonds. The molecule has 2 aliphatic heterocycles. The van der Waals surface area contributed by atoms with E-state index in [1.54, 1.807) is 0 Å². The zero-order valence-electron chi connectivity index (χ0n) is 30.1. The molecule has 0 bridgehead atoms. The van der Waals surface area contributed by atoms with E-state index in [1.165, 1.54) is 5.56 Å². The van der Waals surface area contributed by atoms with Gasteiger partial charge in [-0.3, -0.25) is 14.5 Å². The summed E-state index contributed by atoms with van der Waals surface area (Å²) in [5.41, 5.74) is 7.74. The summed E-state index contributed by atoms with van der Waals surface area (Å²) in [5.74, 6) is -0.691. The number of rotatable bonds is 14. The van der Waals surface area contributed by atoms with Crippen molar-refractivity contribution in [3.8, 4) is 11.1 Å². The first-order chi connectivity index (χ1) is 24.8. The first-order valence-corrected chi connectivity index (χ1v) is 18.8. The molecule has 2 aromatic heterocycles. The molecule has 0 saturated carbocycles. The van der Waals surface area contributed by atoms with Crippen molar-refractivity contribution in [1.29, 1.82) is 0 Å². The molecule has 51 heavy (non-hydrogen) atoms. The lowest BCUT2D eigenvalue weighted by Crippen LogP contribution is -2.45. The van der Waals surface area contributed by atoms with Crippen LogP contribution in [0.25, 0.3) is 22.2 Å². The number of carbonyl (C=O) groups excluding carboxylic acids is 2. The summed E-state index contributed by atoms with van der Waals surface area (Å²) < 4.78 is 7.47. The largest absolute Gasteiger partial charge is 0.381 e. The molecule has 272 valence electrons. The lowest BCUT2D eigenvalue weighted by Gasteiger charge is -2.34. The zero-order valence-corrected chi connectivity index (χ0v) is 30.9. The van der Waals surface area contributed by atoms with Gasteiger partial charge in [-0.15, -0.1) is 0 Å². The SMILES string of the molecule is CCc1nc2c(cnn2CC)c(NC2CCOCC2)c1CNC(=O)CC(=O)NCc1ccc(Cl)c(-c2cccc(CN3CCN(CC)CC3)c2)c1. The molecule has 6 rings (SSSR count). The summed E-state index contributed by atoms with van der Waals surface area (Å²) in [6, 6.07) is 14.6. The van der Waals surface area contributed by atoms with Crippen molar-refractivity contribution in [1.82, 2.24) is 35.2 Å². The third-order valence-electron chi connectivity index (χ3n) is 10.0. The van der Waals surface area contributed by atoms with Crippen molar-refractivity contribution in [3.05, 3.63) is 76.1 Å². The zero-order chi connectivity index (χ0) is 35.7.